The van der Waals surface area contributed by atoms with Crippen LogP contribution in [0.25, 0.3) is 0 Å². The Hall–Kier alpha value is -1.59. The average molecular weight is 380 g/mol. The fourth-order valence-electron chi connectivity index (χ4n) is 5.02. The molecule has 1 aromatic rings. The molecule has 0 N–H and O–H groups in total. The third-order valence-electron chi connectivity index (χ3n) is 7.00. The Kier molecular flexibility index (Phi) is 8.62. The van der Waals surface area contributed by atoms with E-state index in [0.717, 1.165) is 37.2 Å². The Morgan fingerprint density at radius 3 is 2.29 bits per heavy atom. The number of rotatable bonds is 8. The third-order valence-corrected chi connectivity index (χ3v) is 7.00. The number of nitrogens with zero attached hydrogens (tertiary/aromatic N) is 1. The molecule has 0 unspecified atom stereocenters. The topological polar surface area (TPSA) is 33.0 Å². The molecule has 152 valence electrons. The summed E-state index contributed by atoms with van der Waals surface area (Å²) in [6.07, 6.45) is 17.9. The normalized spacial score (nSPS) is 28.3. The van der Waals surface area contributed by atoms with Crippen molar-refractivity contribution in [3.05, 3.63) is 47.5 Å². The molecular formula is C26H37NO. The van der Waals surface area contributed by atoms with E-state index >= 15 is 0 Å². The first-order chi connectivity index (χ1) is 13.8. The third kappa shape index (κ3) is 6.49. The quantitative estimate of drug-likeness (QED) is 0.457. The second kappa shape index (κ2) is 11.4. The van der Waals surface area contributed by atoms with Gasteiger partial charge >= 0.3 is 0 Å². The van der Waals surface area contributed by atoms with Crippen molar-refractivity contribution in [1.29, 1.82) is 5.26 Å². The van der Waals surface area contributed by atoms with Crippen molar-refractivity contribution in [1.82, 2.24) is 0 Å². The highest BCUT2D eigenvalue weighted by molar-refractivity contribution is 5.25. The molecule has 1 aromatic carbocycles. The largest absolute Gasteiger partial charge is 0.378 e. The minimum Gasteiger partial charge on any atom is -0.378 e. The molecule has 0 spiro atoms. The van der Waals surface area contributed by atoms with Gasteiger partial charge in [-0.3, -0.25) is 0 Å². The van der Waals surface area contributed by atoms with E-state index in [1.807, 2.05) is 6.08 Å². The predicted octanol–water partition coefficient (Wildman–Crippen LogP) is 6.96. The molecule has 0 heterocycles. The maximum Gasteiger partial charge on any atom is 0.0908 e. The summed E-state index contributed by atoms with van der Waals surface area (Å²) in [6.45, 7) is 3.20. The van der Waals surface area contributed by atoms with Crippen molar-refractivity contribution in [3.63, 3.8) is 0 Å². The van der Waals surface area contributed by atoms with Gasteiger partial charge in [-0.2, -0.15) is 5.26 Å². The molecule has 0 bridgehead atoms. The zero-order valence-electron chi connectivity index (χ0n) is 17.6. The fraction of sp³-hybridized carbons (Fsp3) is 0.654. The molecular weight excluding hydrogens is 342 g/mol. The van der Waals surface area contributed by atoms with Crippen LogP contribution in [-0.2, 0) is 11.2 Å². The van der Waals surface area contributed by atoms with Crippen molar-refractivity contribution in [3.8, 4) is 6.07 Å². The Balaban J connectivity index is 1.30. The van der Waals surface area contributed by atoms with Crippen LogP contribution < -0.4 is 0 Å². The molecule has 0 amide bonds. The summed E-state index contributed by atoms with van der Waals surface area (Å²) in [5, 5.41) is 8.54. The fourth-order valence-corrected chi connectivity index (χ4v) is 5.02. The summed E-state index contributed by atoms with van der Waals surface area (Å²) in [6, 6.07) is 11.4. The van der Waals surface area contributed by atoms with E-state index in [2.05, 4.69) is 37.3 Å². The first kappa shape index (κ1) is 21.1. The standard InChI is InChI=1S/C26H37NO/c1-2-21-7-13-24(14-8-21)25-15-9-23(10-16-25)20-28-26-17-11-22(12-18-26)6-4-3-5-19-27/h3,5,7-8,13-14,22-23,25-26H,2,4,6,9-12,15-18,20H2,1H3/b5-3+. The van der Waals surface area contributed by atoms with Crippen LogP contribution in [0.4, 0.5) is 0 Å². The summed E-state index contributed by atoms with van der Waals surface area (Å²) in [4.78, 5) is 0. The summed E-state index contributed by atoms with van der Waals surface area (Å²) in [5.41, 5.74) is 2.98. The van der Waals surface area contributed by atoms with Gasteiger partial charge in [0.2, 0.25) is 0 Å². The highest BCUT2D eigenvalue weighted by atomic mass is 16.5. The summed E-state index contributed by atoms with van der Waals surface area (Å²) >= 11 is 0. The lowest BCUT2D eigenvalue weighted by atomic mass is 9.79. The van der Waals surface area contributed by atoms with Crippen molar-refractivity contribution >= 4 is 0 Å². The van der Waals surface area contributed by atoms with E-state index in [9.17, 15) is 0 Å². The van der Waals surface area contributed by atoms with Crippen LogP contribution in [0.15, 0.2) is 36.4 Å². The molecule has 2 aliphatic rings. The molecule has 3 rings (SSSR count). The van der Waals surface area contributed by atoms with Gasteiger partial charge in [-0.05, 0) is 99.5 Å². The number of allylic oxidation sites excluding steroid dienone is 2. The van der Waals surface area contributed by atoms with Gasteiger partial charge in [-0.15, -0.1) is 0 Å². The summed E-state index contributed by atoms with van der Waals surface area (Å²) < 4.78 is 6.33. The van der Waals surface area contributed by atoms with Crippen molar-refractivity contribution in [2.75, 3.05) is 6.61 Å². The molecule has 2 heteroatoms. The predicted molar refractivity (Wildman–Crippen MR) is 116 cm³/mol. The smallest absolute Gasteiger partial charge is 0.0908 e. The lowest BCUT2D eigenvalue weighted by Gasteiger charge is -2.32. The molecule has 2 aliphatic carbocycles. The van der Waals surface area contributed by atoms with Gasteiger partial charge in [-0.1, -0.05) is 37.3 Å². The minimum atomic E-state index is 0.491. The zero-order chi connectivity index (χ0) is 19.6. The van der Waals surface area contributed by atoms with E-state index in [0.29, 0.717) is 6.10 Å². The van der Waals surface area contributed by atoms with Crippen LogP contribution in [0.5, 0.6) is 0 Å². The minimum absolute atomic E-state index is 0.491. The van der Waals surface area contributed by atoms with Crippen LogP contribution in [0.1, 0.15) is 88.2 Å². The van der Waals surface area contributed by atoms with Crippen LogP contribution in [0.3, 0.4) is 0 Å². The molecule has 0 saturated heterocycles. The van der Waals surface area contributed by atoms with Gasteiger partial charge in [-0.25, -0.2) is 0 Å². The Bertz CT molecular complexity index is 625. The molecule has 0 atom stereocenters. The number of hydrogen-bond donors (Lipinski definition) is 0. The van der Waals surface area contributed by atoms with E-state index in [1.165, 1.54) is 63.4 Å². The van der Waals surface area contributed by atoms with Crippen LogP contribution in [-0.4, -0.2) is 12.7 Å². The van der Waals surface area contributed by atoms with E-state index in [-0.39, 0.29) is 0 Å². The average Bonchev–Trinajstić information content (AvgIpc) is 2.76. The van der Waals surface area contributed by atoms with Gasteiger partial charge in [0.1, 0.15) is 0 Å². The monoisotopic (exact) mass is 379 g/mol. The van der Waals surface area contributed by atoms with Crippen LogP contribution >= 0.6 is 0 Å². The molecule has 0 radical (unpaired) electrons. The second-order valence-electron chi connectivity index (χ2n) is 8.90. The first-order valence-electron chi connectivity index (χ1n) is 11.5. The molecule has 0 aromatic heterocycles. The van der Waals surface area contributed by atoms with Crippen LogP contribution in [0, 0.1) is 23.2 Å². The Labute approximate surface area is 172 Å². The van der Waals surface area contributed by atoms with Gasteiger partial charge in [0.15, 0.2) is 0 Å². The lowest BCUT2D eigenvalue weighted by Crippen LogP contribution is -2.25. The molecule has 2 saturated carbocycles. The van der Waals surface area contributed by atoms with Gasteiger partial charge in [0.05, 0.1) is 12.2 Å². The number of benzene rings is 1. The SMILES string of the molecule is CCc1ccc(C2CCC(COC3CCC(CC/C=C/C#N)CC3)CC2)cc1. The maximum absolute atomic E-state index is 8.54. The summed E-state index contributed by atoms with van der Waals surface area (Å²) in [5.74, 6) is 2.35. The molecule has 2 fully saturated rings. The highest BCUT2D eigenvalue weighted by Gasteiger charge is 2.25. The van der Waals surface area contributed by atoms with E-state index in [4.69, 9.17) is 10.00 Å². The maximum atomic E-state index is 8.54. The number of aryl methyl sites for hydroxylation is 1. The van der Waals surface area contributed by atoms with Gasteiger partial charge < -0.3 is 4.74 Å². The van der Waals surface area contributed by atoms with E-state index in [1.54, 1.807) is 11.6 Å². The lowest BCUT2D eigenvalue weighted by molar-refractivity contribution is -0.00824. The Morgan fingerprint density at radius 1 is 0.964 bits per heavy atom. The zero-order valence-corrected chi connectivity index (χ0v) is 17.6. The van der Waals surface area contributed by atoms with Crippen molar-refractivity contribution < 1.29 is 4.74 Å². The van der Waals surface area contributed by atoms with Crippen LogP contribution in [0.2, 0.25) is 0 Å². The molecule has 28 heavy (non-hydrogen) atoms. The number of hydrogen-bond acceptors (Lipinski definition) is 2. The van der Waals surface area contributed by atoms with Crippen molar-refractivity contribution in [2.45, 2.75) is 89.6 Å². The Morgan fingerprint density at radius 2 is 1.64 bits per heavy atom. The molecule has 2 nitrogen and oxygen atoms in total. The highest BCUT2D eigenvalue weighted by Crippen LogP contribution is 2.37. The van der Waals surface area contributed by atoms with Gasteiger partial charge in [0.25, 0.3) is 0 Å². The van der Waals surface area contributed by atoms with Crippen molar-refractivity contribution in [2.24, 2.45) is 11.8 Å². The second-order valence-corrected chi connectivity index (χ2v) is 8.90. The molecule has 0 aliphatic heterocycles. The number of ether oxygens (including phenoxy) is 1. The summed E-state index contributed by atoms with van der Waals surface area (Å²) in [7, 11) is 0. The first-order valence-corrected chi connectivity index (χ1v) is 11.5. The number of nitriles is 1. The van der Waals surface area contributed by atoms with E-state index < -0.39 is 0 Å². The van der Waals surface area contributed by atoms with Gasteiger partial charge in [0, 0.05) is 12.7 Å².